The van der Waals surface area contributed by atoms with E-state index in [1.807, 2.05) is 51.8 Å². The van der Waals surface area contributed by atoms with Crippen LogP contribution in [0.2, 0.25) is 0 Å². The number of nitrogens with zero attached hydrogens (tertiary/aromatic N) is 6. The van der Waals surface area contributed by atoms with Gasteiger partial charge in [-0.05, 0) is 18.7 Å². The van der Waals surface area contributed by atoms with Crippen molar-refractivity contribution in [2.45, 2.75) is 51.4 Å². The molecular weight excluding hydrogens is 548 g/mol. The third-order valence-electron chi connectivity index (χ3n) is 2.48. The Labute approximate surface area is 205 Å². The van der Waals surface area contributed by atoms with Gasteiger partial charge in [0.1, 0.15) is 0 Å². The Morgan fingerprint density at radius 2 is 1.27 bits per heavy atom. The van der Waals surface area contributed by atoms with Gasteiger partial charge in [0.05, 0.1) is 0 Å². The molecule has 0 aromatic rings. The van der Waals surface area contributed by atoms with Crippen molar-refractivity contribution in [2.24, 2.45) is 0 Å². The van der Waals surface area contributed by atoms with Gasteiger partial charge in [-0.25, -0.2) is 0 Å². The zero-order valence-corrected chi connectivity index (χ0v) is 24.5. The Kier molecular flexibility index (Phi) is 53.6. The second-order valence-electron chi connectivity index (χ2n) is 5.98. The van der Waals surface area contributed by atoms with E-state index in [0.29, 0.717) is 6.04 Å². The Hall–Kier alpha value is 0.217. The molecule has 0 radical (unpaired) electrons. The topological polar surface area (TPSA) is 125 Å². The molecule has 0 saturated carbocycles. The van der Waals surface area contributed by atoms with Crippen molar-refractivity contribution in [3.8, 4) is 0 Å². The molecule has 0 aliphatic carbocycles. The number of allylic oxidation sites excluding steroid dienone is 2. The van der Waals surface area contributed by atoms with Crippen LogP contribution in [0, 0.1) is 0 Å². The summed E-state index contributed by atoms with van der Waals surface area (Å²) in [6, 6.07) is 0.527. The molecule has 2 rings (SSSR count). The zero-order valence-electron chi connectivity index (χ0n) is 20.5. The molecule has 2 heterocycles. The van der Waals surface area contributed by atoms with Crippen LogP contribution in [0.5, 0.6) is 0 Å². The average Bonchev–Trinajstić information content (AvgIpc) is 2.66. The van der Waals surface area contributed by atoms with Gasteiger partial charge in [-0.3, -0.25) is 0 Å². The van der Waals surface area contributed by atoms with E-state index < -0.39 is 0 Å². The number of hydrogen-bond donors (Lipinski definition) is 2. The van der Waals surface area contributed by atoms with E-state index in [-0.39, 0.29) is 18.2 Å². The molecule has 0 spiro atoms. The summed E-state index contributed by atoms with van der Waals surface area (Å²) < 4.78 is 0. The Balaban J connectivity index is -0.0000000883. The fourth-order valence-electron chi connectivity index (χ4n) is 1.64. The molecule has 3 unspecified atom stereocenters. The van der Waals surface area contributed by atoms with Crippen LogP contribution in [0.4, 0.5) is 0 Å². The summed E-state index contributed by atoms with van der Waals surface area (Å²) in [5.41, 5.74) is 0. The van der Waals surface area contributed by atoms with Crippen LogP contribution in [0.3, 0.4) is 0 Å². The predicted octanol–water partition coefficient (Wildman–Crippen LogP) is 5.44. The Morgan fingerprint density at radius 3 is 1.47 bits per heavy atom. The van der Waals surface area contributed by atoms with E-state index in [1.165, 1.54) is 0 Å². The fourth-order valence-corrected chi connectivity index (χ4v) is 1.64. The van der Waals surface area contributed by atoms with E-state index in [9.17, 15) is 0 Å². The molecular formula is C20H44Mo2N6O2-6. The monoisotopic (exact) mass is 596 g/mol. The molecule has 1 saturated heterocycles. The summed E-state index contributed by atoms with van der Waals surface area (Å²) in [6.07, 6.45) is 8.07. The average molecular weight is 592 g/mol. The number of rotatable bonds is 0. The first-order valence-electron chi connectivity index (χ1n) is 9.48. The number of aliphatic hydroxyl groups excluding tert-OH is 2. The fraction of sp³-hybridized carbons (Fsp3) is 0.800. The normalized spacial score (nSPS) is 20.2. The standard InChI is InChI=1S/C6H12NO.C6H8NO.4C2H6N.2Mo/c2*1-5-3-2-4-6(8)7-5;4*1-3-2;;/h5-6,8H,2-4H2,1H3;2-5,8H,1H3;4*1-2H3;;/q6*-1;;. The Morgan fingerprint density at radius 1 is 0.867 bits per heavy atom. The molecule has 184 valence electrons. The molecule has 30 heavy (non-hydrogen) atoms. The van der Waals surface area contributed by atoms with Crippen molar-refractivity contribution in [3.63, 3.8) is 0 Å². The second kappa shape index (κ2) is 39.7. The minimum atomic E-state index is -0.362. The first kappa shape index (κ1) is 40.6. The van der Waals surface area contributed by atoms with Crippen LogP contribution in [-0.4, -0.2) is 84.9 Å². The van der Waals surface area contributed by atoms with Gasteiger partial charge < -0.3 is 42.1 Å². The number of aliphatic hydroxyl groups is 2. The summed E-state index contributed by atoms with van der Waals surface area (Å²) in [5, 5.41) is 39.5. The Bertz CT molecular complexity index is 356. The molecule has 1 fully saturated rings. The van der Waals surface area contributed by atoms with Crippen molar-refractivity contribution >= 4 is 0 Å². The summed E-state index contributed by atoms with van der Waals surface area (Å²) in [7, 11) is 14.0. The van der Waals surface area contributed by atoms with Crippen LogP contribution < -0.4 is 0 Å². The molecule has 2 N–H and O–H groups in total. The molecule has 3 atom stereocenters. The third-order valence-corrected chi connectivity index (χ3v) is 2.48. The van der Waals surface area contributed by atoms with Gasteiger partial charge in [-0.1, -0.05) is 38.8 Å². The molecule has 0 amide bonds. The molecule has 2 aliphatic heterocycles. The SMILES string of the molecule is CC1C=CC=C(O)[N-]1.CC1CCCC(O)[N-]1.C[N-]C.C[N-]C.C[N-]C.C[N-]C.[Mo]#[Mo]. The van der Waals surface area contributed by atoms with Crippen molar-refractivity contribution < 1.29 is 42.1 Å². The van der Waals surface area contributed by atoms with E-state index in [0.717, 1.165) is 19.3 Å². The van der Waals surface area contributed by atoms with Gasteiger partial charge in [0.2, 0.25) is 0 Å². The van der Waals surface area contributed by atoms with E-state index in [1.54, 1.807) is 68.5 Å². The molecule has 0 aromatic heterocycles. The maximum atomic E-state index is 8.91. The van der Waals surface area contributed by atoms with E-state index in [4.69, 9.17) is 10.2 Å². The second-order valence-corrected chi connectivity index (χ2v) is 5.98. The quantitative estimate of drug-likeness (QED) is 0.364. The third kappa shape index (κ3) is 51.1. The molecule has 8 nitrogen and oxygen atoms in total. The van der Waals surface area contributed by atoms with Gasteiger partial charge in [-0.2, -0.15) is 56.4 Å². The zero-order chi connectivity index (χ0) is 24.8. The molecule has 10 heteroatoms. The summed E-state index contributed by atoms with van der Waals surface area (Å²) in [6.45, 7) is 3.96. The van der Waals surface area contributed by atoms with Crippen molar-refractivity contribution in [1.82, 2.24) is 0 Å². The van der Waals surface area contributed by atoms with Gasteiger partial charge in [0.25, 0.3) is 0 Å². The van der Waals surface area contributed by atoms with Gasteiger partial charge in [0.15, 0.2) is 0 Å². The summed E-state index contributed by atoms with van der Waals surface area (Å²) in [5.74, 6) is 0.125. The van der Waals surface area contributed by atoms with Crippen molar-refractivity contribution in [1.29, 1.82) is 0 Å². The van der Waals surface area contributed by atoms with E-state index >= 15 is 0 Å². The van der Waals surface area contributed by atoms with Crippen LogP contribution in [0.1, 0.15) is 33.1 Å². The van der Waals surface area contributed by atoms with Gasteiger partial charge >= 0.3 is 31.9 Å². The molecule has 0 aromatic carbocycles. The predicted molar refractivity (Wildman–Crippen MR) is 126 cm³/mol. The van der Waals surface area contributed by atoms with Crippen molar-refractivity contribution in [2.75, 3.05) is 56.4 Å². The number of hydrogen-bond acceptors (Lipinski definition) is 2. The summed E-state index contributed by atoms with van der Waals surface area (Å²) >= 11 is 3.92. The van der Waals surface area contributed by atoms with Crippen molar-refractivity contribution in [3.05, 3.63) is 56.0 Å². The van der Waals surface area contributed by atoms with Crippen LogP contribution in [0.25, 0.3) is 31.9 Å². The first-order chi connectivity index (χ1) is 14.2. The maximum absolute atomic E-state index is 8.91. The molecule has 0 bridgehead atoms. The minimum absolute atomic E-state index is 0.125. The summed E-state index contributed by atoms with van der Waals surface area (Å²) in [4.78, 5) is 0. The van der Waals surface area contributed by atoms with Gasteiger partial charge in [-0.15, -0.1) is 12.1 Å². The first-order valence-corrected chi connectivity index (χ1v) is 15.2. The van der Waals surface area contributed by atoms with E-state index in [2.05, 4.69) is 31.9 Å². The van der Waals surface area contributed by atoms with Gasteiger partial charge in [0, 0.05) is 5.88 Å². The molecule has 2 aliphatic rings. The van der Waals surface area contributed by atoms with Crippen LogP contribution in [0.15, 0.2) is 24.1 Å². The van der Waals surface area contributed by atoms with Crippen LogP contribution >= 0.6 is 0 Å². The van der Waals surface area contributed by atoms with Crippen LogP contribution in [-0.2, 0) is 31.9 Å². The number of piperidine rings is 1.